The maximum Gasteiger partial charge on any atom is 0.348 e. The third-order valence-electron chi connectivity index (χ3n) is 4.35. The maximum absolute atomic E-state index is 12.4. The van der Waals surface area contributed by atoms with Crippen molar-refractivity contribution in [2.75, 3.05) is 0 Å². The first kappa shape index (κ1) is 17.4. The lowest BCUT2D eigenvalue weighted by molar-refractivity contribution is 0.432. The van der Waals surface area contributed by atoms with Gasteiger partial charge < -0.3 is 14.6 Å². The van der Waals surface area contributed by atoms with E-state index in [9.17, 15) is 15.0 Å². The number of para-hydroxylation sites is 1. The number of phenols is 1. The first-order chi connectivity index (χ1) is 13.0. The molecule has 1 aromatic heterocycles. The highest BCUT2D eigenvalue weighted by Gasteiger charge is 2.26. The molecule has 2 N–H and O–H groups in total. The van der Waals surface area contributed by atoms with E-state index in [1.54, 1.807) is 36.9 Å². The summed E-state index contributed by atoms with van der Waals surface area (Å²) in [7, 11) is 0. The fraction of sp³-hybridized carbons (Fsp3) is 0.143. The van der Waals surface area contributed by atoms with Crippen molar-refractivity contribution < 1.29 is 14.6 Å². The van der Waals surface area contributed by atoms with Crippen LogP contribution in [0.3, 0.4) is 0 Å². The average molecular weight is 379 g/mol. The Morgan fingerprint density at radius 1 is 1.11 bits per heavy atom. The summed E-state index contributed by atoms with van der Waals surface area (Å²) in [6.07, 6.45) is 0.407. The Morgan fingerprint density at radius 3 is 2.70 bits per heavy atom. The van der Waals surface area contributed by atoms with Crippen molar-refractivity contribution in [2.45, 2.75) is 23.5 Å². The predicted molar refractivity (Wildman–Crippen MR) is 105 cm³/mol. The number of phenolic OH excluding ortho intramolecular Hbond substituents is 1. The van der Waals surface area contributed by atoms with Crippen LogP contribution in [0.25, 0.3) is 0 Å². The number of nitrogens with zero attached hydrogens (tertiary/aromatic N) is 1. The Hall–Kier alpha value is -2.99. The second-order valence-corrected chi connectivity index (χ2v) is 7.58. The summed E-state index contributed by atoms with van der Waals surface area (Å²) in [5.41, 5.74) is 1.60. The quantitative estimate of drug-likeness (QED) is 0.673. The molecule has 3 aromatic rings. The molecule has 0 amide bonds. The molecule has 0 bridgehead atoms. The van der Waals surface area contributed by atoms with Gasteiger partial charge in [0.2, 0.25) is 0 Å². The van der Waals surface area contributed by atoms with E-state index in [0.29, 0.717) is 17.9 Å². The summed E-state index contributed by atoms with van der Waals surface area (Å²) >= 11 is 1.61. The highest BCUT2D eigenvalue weighted by Crippen LogP contribution is 2.46. The zero-order valence-electron chi connectivity index (χ0n) is 14.5. The van der Waals surface area contributed by atoms with Crippen LogP contribution in [0.15, 0.2) is 73.7 Å². The summed E-state index contributed by atoms with van der Waals surface area (Å²) in [6, 6.07) is 16.1. The molecule has 1 aliphatic heterocycles. The van der Waals surface area contributed by atoms with Crippen LogP contribution >= 0.6 is 11.8 Å². The molecule has 0 fully saturated rings. The summed E-state index contributed by atoms with van der Waals surface area (Å²) in [6.45, 7) is 1.61. The van der Waals surface area contributed by atoms with Gasteiger partial charge in [0.1, 0.15) is 22.8 Å². The van der Waals surface area contributed by atoms with Gasteiger partial charge in [0.25, 0.3) is 0 Å². The summed E-state index contributed by atoms with van der Waals surface area (Å²) in [4.78, 5) is 18.1. The number of hydrogen-bond donors (Lipinski definition) is 2. The fourth-order valence-corrected chi connectivity index (χ4v) is 4.36. The number of benzene rings is 2. The van der Waals surface area contributed by atoms with E-state index in [4.69, 9.17) is 4.42 Å². The first-order valence-electron chi connectivity index (χ1n) is 8.47. The normalized spacial score (nSPS) is 16.3. The monoisotopic (exact) mass is 379 g/mol. The predicted octanol–water partition coefficient (Wildman–Crippen LogP) is 4.72. The van der Waals surface area contributed by atoms with Gasteiger partial charge in [-0.25, -0.2) is 4.79 Å². The molecular weight excluding hydrogens is 362 g/mol. The molecule has 1 aliphatic rings. The molecule has 2 heterocycles. The molecule has 0 saturated heterocycles. The van der Waals surface area contributed by atoms with Crippen LogP contribution in [0.1, 0.15) is 28.6 Å². The topological polar surface area (TPSA) is 83.0 Å². The van der Waals surface area contributed by atoms with Crippen LogP contribution in [0, 0.1) is 6.92 Å². The van der Waals surface area contributed by atoms with E-state index in [-0.39, 0.29) is 22.3 Å². The van der Waals surface area contributed by atoms with Crippen LogP contribution in [0.4, 0.5) is 5.69 Å². The third-order valence-corrected chi connectivity index (χ3v) is 5.68. The van der Waals surface area contributed by atoms with Crippen LogP contribution in [0.5, 0.6) is 11.5 Å². The molecule has 4 rings (SSSR count). The average Bonchev–Trinajstić information content (AvgIpc) is 2.80. The fourth-order valence-electron chi connectivity index (χ4n) is 3.14. The smallest absolute Gasteiger partial charge is 0.348 e. The van der Waals surface area contributed by atoms with Crippen LogP contribution in [-0.2, 0) is 0 Å². The Morgan fingerprint density at radius 2 is 1.93 bits per heavy atom. The number of aryl methyl sites for hydroxylation is 1. The van der Waals surface area contributed by atoms with Crippen LogP contribution in [0.2, 0.25) is 0 Å². The summed E-state index contributed by atoms with van der Waals surface area (Å²) in [5.74, 6) is 0.387. The first-order valence-corrected chi connectivity index (χ1v) is 9.35. The van der Waals surface area contributed by atoms with Crippen molar-refractivity contribution in [3.63, 3.8) is 0 Å². The SMILES string of the molecule is Cc1cc(O)c(C2=Nc3ccccc3S[C@@H](c3cccc(O)c3)C2)c(=O)o1. The molecule has 2 aromatic carbocycles. The highest BCUT2D eigenvalue weighted by atomic mass is 32.2. The largest absolute Gasteiger partial charge is 0.508 e. The minimum absolute atomic E-state index is 0.0837. The zero-order valence-corrected chi connectivity index (χ0v) is 15.4. The van der Waals surface area contributed by atoms with Gasteiger partial charge in [0, 0.05) is 22.6 Å². The molecule has 0 saturated carbocycles. The number of fused-ring (bicyclic) bond motifs is 1. The van der Waals surface area contributed by atoms with E-state index in [1.807, 2.05) is 30.3 Å². The van der Waals surface area contributed by atoms with Crippen molar-refractivity contribution in [3.8, 4) is 11.5 Å². The summed E-state index contributed by atoms with van der Waals surface area (Å²) in [5, 5.41) is 20.2. The van der Waals surface area contributed by atoms with Crippen molar-refractivity contribution in [1.82, 2.24) is 0 Å². The van der Waals surface area contributed by atoms with Gasteiger partial charge in [-0.05, 0) is 36.8 Å². The number of thioether (sulfide) groups is 1. The Bertz CT molecular complexity index is 1100. The molecule has 0 aliphatic carbocycles. The standard InChI is InChI=1S/C21H17NO4S/c1-12-9-17(24)20(21(25)26-12)16-11-19(13-5-4-6-14(23)10-13)27-18-8-3-2-7-15(18)22-16/h2-10,19,23-24H,11H2,1H3/t19-/m1/s1. The lowest BCUT2D eigenvalue weighted by Crippen LogP contribution is -2.16. The van der Waals surface area contributed by atoms with Crippen molar-refractivity contribution in [2.24, 2.45) is 4.99 Å². The van der Waals surface area contributed by atoms with E-state index in [1.165, 1.54) is 6.07 Å². The number of rotatable bonds is 2. The Balaban J connectivity index is 1.88. The van der Waals surface area contributed by atoms with E-state index >= 15 is 0 Å². The molecule has 1 atom stereocenters. The van der Waals surface area contributed by atoms with Gasteiger partial charge >= 0.3 is 5.63 Å². The zero-order chi connectivity index (χ0) is 19.0. The second kappa shape index (κ2) is 6.96. The number of aliphatic imine (C=N–C) groups is 1. The maximum atomic E-state index is 12.4. The van der Waals surface area contributed by atoms with Gasteiger partial charge in [-0.2, -0.15) is 0 Å². The highest BCUT2D eigenvalue weighted by molar-refractivity contribution is 7.99. The van der Waals surface area contributed by atoms with Gasteiger partial charge in [-0.15, -0.1) is 11.8 Å². The van der Waals surface area contributed by atoms with Crippen molar-refractivity contribution >= 4 is 23.2 Å². The minimum atomic E-state index is -0.606. The second-order valence-electron chi connectivity index (χ2n) is 6.34. The van der Waals surface area contributed by atoms with E-state index < -0.39 is 5.63 Å². The van der Waals surface area contributed by atoms with Crippen LogP contribution in [-0.4, -0.2) is 15.9 Å². The molecule has 136 valence electrons. The van der Waals surface area contributed by atoms with Crippen molar-refractivity contribution in [3.05, 3.63) is 81.9 Å². The number of hydrogen-bond acceptors (Lipinski definition) is 6. The Labute approximate surface area is 160 Å². The molecule has 0 unspecified atom stereocenters. The van der Waals surface area contributed by atoms with Crippen LogP contribution < -0.4 is 5.63 Å². The molecule has 5 nitrogen and oxygen atoms in total. The lowest BCUT2D eigenvalue weighted by Gasteiger charge is -2.16. The summed E-state index contributed by atoms with van der Waals surface area (Å²) < 4.78 is 5.19. The van der Waals surface area contributed by atoms with Gasteiger partial charge in [0.05, 0.1) is 11.4 Å². The van der Waals surface area contributed by atoms with E-state index in [0.717, 1.165) is 16.1 Å². The minimum Gasteiger partial charge on any atom is -0.508 e. The number of aromatic hydroxyl groups is 2. The van der Waals surface area contributed by atoms with Crippen molar-refractivity contribution in [1.29, 1.82) is 0 Å². The molecule has 0 radical (unpaired) electrons. The molecule has 27 heavy (non-hydrogen) atoms. The molecule has 0 spiro atoms. The van der Waals surface area contributed by atoms with Gasteiger partial charge in [0.15, 0.2) is 0 Å². The molecule has 6 heteroatoms. The van der Waals surface area contributed by atoms with Gasteiger partial charge in [-0.1, -0.05) is 24.3 Å². The lowest BCUT2D eigenvalue weighted by atomic mass is 10.0. The third kappa shape index (κ3) is 3.48. The van der Waals surface area contributed by atoms with E-state index in [2.05, 4.69) is 4.99 Å². The Kier molecular flexibility index (Phi) is 4.49. The molecular formula is C21H17NO4S. The van der Waals surface area contributed by atoms with Gasteiger partial charge in [-0.3, -0.25) is 4.99 Å².